The standard InChI is InChI=1S/C11H16O3S/c1-2-3-6-13-7-8-14-11-5-4-10(9-12)15-11/h4-5,9H,2-3,6-8H2,1H3. The average Bonchev–Trinajstić information content (AvgIpc) is 2.71. The van der Waals surface area contributed by atoms with Crippen molar-refractivity contribution in [2.75, 3.05) is 19.8 Å². The van der Waals surface area contributed by atoms with E-state index in [-0.39, 0.29) is 0 Å². The second kappa shape index (κ2) is 7.43. The third kappa shape index (κ3) is 4.95. The van der Waals surface area contributed by atoms with E-state index < -0.39 is 0 Å². The Morgan fingerprint density at radius 3 is 2.87 bits per heavy atom. The lowest BCUT2D eigenvalue weighted by Gasteiger charge is -2.04. The summed E-state index contributed by atoms with van der Waals surface area (Å²) in [6, 6.07) is 3.56. The summed E-state index contributed by atoms with van der Waals surface area (Å²) in [5, 5.41) is 0.774. The van der Waals surface area contributed by atoms with Gasteiger partial charge < -0.3 is 9.47 Å². The Morgan fingerprint density at radius 2 is 2.20 bits per heavy atom. The maximum atomic E-state index is 10.4. The first kappa shape index (κ1) is 12.2. The van der Waals surface area contributed by atoms with E-state index in [2.05, 4.69) is 6.92 Å². The van der Waals surface area contributed by atoms with Gasteiger partial charge in [0.1, 0.15) is 6.61 Å². The van der Waals surface area contributed by atoms with Gasteiger partial charge in [-0.1, -0.05) is 24.7 Å². The van der Waals surface area contributed by atoms with E-state index in [1.807, 2.05) is 0 Å². The highest BCUT2D eigenvalue weighted by Gasteiger charge is 1.99. The predicted molar refractivity (Wildman–Crippen MR) is 60.9 cm³/mol. The maximum Gasteiger partial charge on any atom is 0.174 e. The Kier molecular flexibility index (Phi) is 6.04. The summed E-state index contributed by atoms with van der Waals surface area (Å²) in [5.41, 5.74) is 0. The fraction of sp³-hybridized carbons (Fsp3) is 0.545. The van der Waals surface area contributed by atoms with E-state index in [9.17, 15) is 4.79 Å². The minimum absolute atomic E-state index is 0.544. The van der Waals surface area contributed by atoms with Crippen LogP contribution >= 0.6 is 11.3 Å². The van der Waals surface area contributed by atoms with Gasteiger partial charge in [0.05, 0.1) is 11.5 Å². The molecule has 0 aliphatic heterocycles. The molecule has 0 N–H and O–H groups in total. The monoisotopic (exact) mass is 228 g/mol. The second-order valence-electron chi connectivity index (χ2n) is 3.09. The van der Waals surface area contributed by atoms with Crippen LogP contribution in [-0.2, 0) is 4.74 Å². The third-order valence-electron chi connectivity index (χ3n) is 1.83. The second-order valence-corrected chi connectivity index (χ2v) is 4.17. The molecule has 4 heteroatoms. The first-order chi connectivity index (χ1) is 7.36. The first-order valence-electron chi connectivity index (χ1n) is 5.12. The van der Waals surface area contributed by atoms with Gasteiger partial charge in [0.25, 0.3) is 0 Å². The molecule has 0 unspecified atom stereocenters. The highest BCUT2D eigenvalue weighted by Crippen LogP contribution is 2.22. The molecule has 0 saturated carbocycles. The molecule has 1 rings (SSSR count). The van der Waals surface area contributed by atoms with Crippen LogP contribution < -0.4 is 4.74 Å². The van der Waals surface area contributed by atoms with Gasteiger partial charge in [-0.15, -0.1) is 0 Å². The molecule has 1 aromatic heterocycles. The lowest BCUT2D eigenvalue weighted by molar-refractivity contribution is 0.0993. The quantitative estimate of drug-likeness (QED) is 0.507. The average molecular weight is 228 g/mol. The van der Waals surface area contributed by atoms with Crippen LogP contribution in [0, 0.1) is 0 Å². The molecule has 0 fully saturated rings. The molecule has 0 saturated heterocycles. The Morgan fingerprint density at radius 1 is 1.33 bits per heavy atom. The third-order valence-corrected chi connectivity index (χ3v) is 2.76. The summed E-state index contributed by atoms with van der Waals surface area (Å²) < 4.78 is 10.7. The molecule has 84 valence electrons. The fourth-order valence-corrected chi connectivity index (χ4v) is 1.72. The van der Waals surface area contributed by atoms with Gasteiger partial charge in [-0.2, -0.15) is 0 Å². The molecular formula is C11H16O3S. The maximum absolute atomic E-state index is 10.4. The molecule has 0 atom stereocenters. The largest absolute Gasteiger partial charge is 0.482 e. The minimum atomic E-state index is 0.544. The van der Waals surface area contributed by atoms with Crippen LogP contribution in [0.3, 0.4) is 0 Å². The van der Waals surface area contributed by atoms with Gasteiger partial charge in [-0.05, 0) is 18.6 Å². The number of carbonyl (C=O) groups excluding carboxylic acids is 1. The molecule has 0 aliphatic rings. The van der Waals surface area contributed by atoms with E-state index in [0.717, 1.165) is 30.8 Å². The smallest absolute Gasteiger partial charge is 0.174 e. The van der Waals surface area contributed by atoms with E-state index in [1.54, 1.807) is 12.1 Å². The molecule has 0 aliphatic carbocycles. The summed E-state index contributed by atoms with van der Waals surface area (Å²) in [7, 11) is 0. The lowest BCUT2D eigenvalue weighted by atomic mass is 10.4. The van der Waals surface area contributed by atoms with Gasteiger partial charge >= 0.3 is 0 Å². The van der Waals surface area contributed by atoms with Gasteiger partial charge in [0.2, 0.25) is 0 Å². The number of thiophene rings is 1. The molecule has 0 aromatic carbocycles. The highest BCUT2D eigenvalue weighted by molar-refractivity contribution is 7.15. The zero-order valence-corrected chi connectivity index (χ0v) is 9.72. The van der Waals surface area contributed by atoms with Crippen LogP contribution in [0.1, 0.15) is 29.4 Å². The van der Waals surface area contributed by atoms with Gasteiger partial charge in [0, 0.05) is 6.61 Å². The van der Waals surface area contributed by atoms with Gasteiger partial charge in [-0.3, -0.25) is 4.79 Å². The first-order valence-corrected chi connectivity index (χ1v) is 5.94. The minimum Gasteiger partial charge on any atom is -0.482 e. The summed E-state index contributed by atoms with van der Waals surface area (Å²) in [5.74, 6) is 0. The van der Waals surface area contributed by atoms with Crippen LogP contribution in [0.25, 0.3) is 0 Å². The van der Waals surface area contributed by atoms with E-state index in [4.69, 9.17) is 9.47 Å². The molecule has 1 heterocycles. The van der Waals surface area contributed by atoms with E-state index in [0.29, 0.717) is 18.1 Å². The molecule has 0 bridgehead atoms. The summed E-state index contributed by atoms with van der Waals surface area (Å²) in [6.45, 7) is 4.08. The number of hydrogen-bond acceptors (Lipinski definition) is 4. The van der Waals surface area contributed by atoms with Crippen molar-refractivity contribution in [3.05, 3.63) is 17.0 Å². The van der Waals surface area contributed by atoms with Crippen molar-refractivity contribution in [3.63, 3.8) is 0 Å². The topological polar surface area (TPSA) is 35.5 Å². The lowest BCUT2D eigenvalue weighted by Crippen LogP contribution is -2.06. The Labute approximate surface area is 94.0 Å². The van der Waals surface area contributed by atoms with Crippen molar-refractivity contribution >= 4 is 17.6 Å². The van der Waals surface area contributed by atoms with Crippen molar-refractivity contribution in [2.45, 2.75) is 19.8 Å². The number of unbranched alkanes of at least 4 members (excludes halogenated alkanes) is 1. The number of rotatable bonds is 8. The van der Waals surface area contributed by atoms with Crippen LogP contribution in [0.5, 0.6) is 5.06 Å². The van der Waals surface area contributed by atoms with Crippen molar-refractivity contribution in [3.8, 4) is 5.06 Å². The fourth-order valence-electron chi connectivity index (χ4n) is 1.02. The van der Waals surface area contributed by atoms with Crippen LogP contribution in [0.2, 0.25) is 0 Å². The van der Waals surface area contributed by atoms with E-state index >= 15 is 0 Å². The number of aldehydes is 1. The normalized spacial score (nSPS) is 10.2. The van der Waals surface area contributed by atoms with E-state index in [1.165, 1.54) is 11.3 Å². The molecule has 1 aromatic rings. The number of ether oxygens (including phenoxy) is 2. The Hall–Kier alpha value is -0.870. The molecule has 0 amide bonds. The number of hydrogen-bond donors (Lipinski definition) is 0. The zero-order chi connectivity index (χ0) is 10.9. The highest BCUT2D eigenvalue weighted by atomic mass is 32.1. The van der Waals surface area contributed by atoms with Crippen molar-refractivity contribution in [1.29, 1.82) is 0 Å². The van der Waals surface area contributed by atoms with Crippen molar-refractivity contribution < 1.29 is 14.3 Å². The molecule has 15 heavy (non-hydrogen) atoms. The van der Waals surface area contributed by atoms with Crippen molar-refractivity contribution in [1.82, 2.24) is 0 Å². The molecule has 0 spiro atoms. The predicted octanol–water partition coefficient (Wildman–Crippen LogP) is 2.76. The molecular weight excluding hydrogens is 212 g/mol. The van der Waals surface area contributed by atoms with Crippen LogP contribution in [0.4, 0.5) is 0 Å². The summed E-state index contributed by atoms with van der Waals surface area (Å²) >= 11 is 1.36. The Balaban J connectivity index is 2.07. The number of carbonyl (C=O) groups is 1. The summed E-state index contributed by atoms with van der Waals surface area (Å²) in [4.78, 5) is 11.1. The van der Waals surface area contributed by atoms with Gasteiger partial charge in [0.15, 0.2) is 11.3 Å². The molecule has 0 radical (unpaired) electrons. The molecule has 3 nitrogen and oxygen atoms in total. The Bertz CT molecular complexity index is 283. The van der Waals surface area contributed by atoms with Crippen LogP contribution in [-0.4, -0.2) is 26.1 Å². The summed E-state index contributed by atoms with van der Waals surface area (Å²) in [6.07, 6.45) is 3.07. The van der Waals surface area contributed by atoms with Crippen LogP contribution in [0.15, 0.2) is 12.1 Å². The zero-order valence-electron chi connectivity index (χ0n) is 8.90. The SMILES string of the molecule is CCCCOCCOc1ccc(C=O)s1. The van der Waals surface area contributed by atoms with Crippen molar-refractivity contribution in [2.24, 2.45) is 0 Å². The van der Waals surface area contributed by atoms with Gasteiger partial charge in [-0.25, -0.2) is 0 Å².